The van der Waals surface area contributed by atoms with Crippen LogP contribution in [-0.2, 0) is 14.3 Å². The highest BCUT2D eigenvalue weighted by Crippen LogP contribution is 2.34. The Hall–Kier alpha value is -0.650. The van der Waals surface area contributed by atoms with Crippen molar-refractivity contribution < 1.29 is 19.4 Å². The van der Waals surface area contributed by atoms with Gasteiger partial charge in [0.1, 0.15) is 0 Å². The van der Waals surface area contributed by atoms with Crippen LogP contribution in [0.25, 0.3) is 0 Å². The predicted molar refractivity (Wildman–Crippen MR) is 70.8 cm³/mol. The average Bonchev–Trinajstić information content (AvgIpc) is 2.48. The molecular weight excluding hydrogens is 246 g/mol. The maximum atomic E-state index is 12.1. The van der Waals surface area contributed by atoms with Crippen LogP contribution in [0.15, 0.2) is 0 Å². The van der Waals surface area contributed by atoms with Gasteiger partial charge in [-0.3, -0.25) is 4.79 Å². The van der Waals surface area contributed by atoms with Crippen molar-refractivity contribution in [2.45, 2.75) is 25.7 Å². The smallest absolute Gasteiger partial charge is 0.313 e. The van der Waals surface area contributed by atoms with Crippen LogP contribution in [0.4, 0.5) is 0 Å². The molecule has 0 unspecified atom stereocenters. The van der Waals surface area contributed by atoms with Crippen LogP contribution in [0, 0.1) is 11.3 Å². The Bertz CT molecular complexity index is 294. The molecule has 0 saturated carbocycles. The summed E-state index contributed by atoms with van der Waals surface area (Å²) in [6.07, 6.45) is 3.54. The van der Waals surface area contributed by atoms with Crippen LogP contribution in [0.5, 0.6) is 0 Å². The van der Waals surface area contributed by atoms with Crippen molar-refractivity contribution in [3.63, 3.8) is 0 Å². The minimum absolute atomic E-state index is 0.0971. The number of aliphatic hydroxyl groups is 1. The average molecular weight is 271 g/mol. The lowest BCUT2D eigenvalue weighted by Gasteiger charge is -2.40. The number of carbonyl (C=O) groups excluding carboxylic acids is 1. The minimum Gasteiger partial charge on any atom is -0.469 e. The lowest BCUT2D eigenvalue weighted by molar-refractivity contribution is -0.160. The zero-order chi connectivity index (χ0) is 13.7. The van der Waals surface area contributed by atoms with Gasteiger partial charge in [-0.2, -0.15) is 0 Å². The molecule has 0 radical (unpaired) electrons. The van der Waals surface area contributed by atoms with Crippen molar-refractivity contribution in [3.8, 4) is 0 Å². The molecule has 2 rings (SSSR count). The fraction of sp³-hybridized carbons (Fsp3) is 0.929. The molecular formula is C14H25NO4. The molecule has 0 aromatic rings. The van der Waals surface area contributed by atoms with Gasteiger partial charge in [0.2, 0.25) is 0 Å². The van der Waals surface area contributed by atoms with E-state index in [9.17, 15) is 4.79 Å². The van der Waals surface area contributed by atoms with Crippen LogP contribution < -0.4 is 0 Å². The van der Waals surface area contributed by atoms with Gasteiger partial charge < -0.3 is 19.5 Å². The van der Waals surface area contributed by atoms with E-state index >= 15 is 0 Å². The fourth-order valence-corrected chi connectivity index (χ4v) is 3.16. The number of ether oxygens (including phenoxy) is 2. The zero-order valence-electron chi connectivity index (χ0n) is 11.8. The van der Waals surface area contributed by atoms with E-state index < -0.39 is 0 Å². The van der Waals surface area contributed by atoms with Crippen molar-refractivity contribution in [2.24, 2.45) is 11.3 Å². The number of methoxy groups -OCH3 is 1. The van der Waals surface area contributed by atoms with Gasteiger partial charge in [-0.15, -0.1) is 0 Å². The summed E-state index contributed by atoms with van der Waals surface area (Å²) in [5.74, 6) is 0.333. The Kier molecular flexibility index (Phi) is 5.19. The monoisotopic (exact) mass is 271 g/mol. The number of aliphatic hydroxyl groups excluding tert-OH is 1. The molecule has 2 aliphatic rings. The standard InChI is InChI=1S/C14H25NO4/c1-18-13(17)14(4-8-19-9-5-14)11-15-6-2-12(10-16)3-7-15/h12,16H,2-11H2,1H3. The van der Waals surface area contributed by atoms with Crippen LogP contribution >= 0.6 is 0 Å². The van der Waals surface area contributed by atoms with E-state index in [-0.39, 0.29) is 18.0 Å². The molecule has 0 atom stereocenters. The van der Waals surface area contributed by atoms with Crippen molar-refractivity contribution in [1.29, 1.82) is 0 Å². The van der Waals surface area contributed by atoms with Crippen LogP contribution in [0.1, 0.15) is 25.7 Å². The molecule has 0 bridgehead atoms. The van der Waals surface area contributed by atoms with Crippen LogP contribution in [-0.4, -0.2) is 62.5 Å². The molecule has 19 heavy (non-hydrogen) atoms. The molecule has 2 heterocycles. The summed E-state index contributed by atoms with van der Waals surface area (Å²) in [6.45, 7) is 4.26. The molecule has 2 saturated heterocycles. The largest absolute Gasteiger partial charge is 0.469 e. The normalized spacial score (nSPS) is 25.2. The third-order valence-electron chi connectivity index (χ3n) is 4.56. The van der Waals surface area contributed by atoms with Crippen LogP contribution in [0.2, 0.25) is 0 Å². The number of piperidine rings is 1. The molecule has 5 nitrogen and oxygen atoms in total. The van der Waals surface area contributed by atoms with E-state index in [2.05, 4.69) is 4.90 Å². The third kappa shape index (κ3) is 3.46. The summed E-state index contributed by atoms with van der Waals surface area (Å²) in [5.41, 5.74) is -0.390. The summed E-state index contributed by atoms with van der Waals surface area (Å²) in [5, 5.41) is 9.17. The van der Waals surface area contributed by atoms with Crippen molar-refractivity contribution in [1.82, 2.24) is 4.90 Å². The first kappa shape index (κ1) is 14.8. The molecule has 0 amide bonds. The number of hydrogen-bond acceptors (Lipinski definition) is 5. The van der Waals surface area contributed by atoms with E-state index in [0.717, 1.165) is 45.3 Å². The quantitative estimate of drug-likeness (QED) is 0.761. The van der Waals surface area contributed by atoms with Crippen molar-refractivity contribution >= 4 is 5.97 Å². The maximum Gasteiger partial charge on any atom is 0.313 e. The van der Waals surface area contributed by atoms with Gasteiger partial charge in [-0.25, -0.2) is 0 Å². The molecule has 1 N–H and O–H groups in total. The predicted octanol–water partition coefficient (Wildman–Crippen LogP) is 0.660. The number of rotatable bonds is 4. The summed E-state index contributed by atoms with van der Waals surface area (Å²) >= 11 is 0. The topological polar surface area (TPSA) is 59.0 Å². The Morgan fingerprint density at radius 1 is 1.37 bits per heavy atom. The fourth-order valence-electron chi connectivity index (χ4n) is 3.16. The van der Waals surface area contributed by atoms with E-state index in [4.69, 9.17) is 14.6 Å². The summed E-state index contributed by atoms with van der Waals surface area (Å²) in [4.78, 5) is 14.5. The molecule has 5 heteroatoms. The lowest BCUT2D eigenvalue weighted by Crippen LogP contribution is -2.49. The second-order valence-corrected chi connectivity index (χ2v) is 5.79. The number of nitrogens with zero attached hydrogens (tertiary/aromatic N) is 1. The zero-order valence-corrected chi connectivity index (χ0v) is 11.8. The first-order valence-corrected chi connectivity index (χ1v) is 7.19. The Morgan fingerprint density at radius 2 is 2.00 bits per heavy atom. The highest BCUT2D eigenvalue weighted by molar-refractivity contribution is 5.77. The maximum absolute atomic E-state index is 12.1. The van der Waals surface area contributed by atoms with Gasteiger partial charge in [0.25, 0.3) is 0 Å². The van der Waals surface area contributed by atoms with Crippen molar-refractivity contribution in [2.75, 3.05) is 46.6 Å². The number of carbonyl (C=O) groups is 1. The lowest BCUT2D eigenvalue weighted by atomic mass is 9.79. The van der Waals surface area contributed by atoms with Gasteiger partial charge in [-0.05, 0) is 44.7 Å². The molecule has 0 spiro atoms. The Morgan fingerprint density at radius 3 is 2.53 bits per heavy atom. The molecule has 0 aromatic heterocycles. The van der Waals surface area contributed by atoms with Gasteiger partial charge in [0.15, 0.2) is 0 Å². The second-order valence-electron chi connectivity index (χ2n) is 5.79. The van der Waals surface area contributed by atoms with Gasteiger partial charge in [0, 0.05) is 26.4 Å². The van der Waals surface area contributed by atoms with Crippen LogP contribution in [0.3, 0.4) is 0 Å². The molecule has 2 fully saturated rings. The van der Waals surface area contributed by atoms with Gasteiger partial charge >= 0.3 is 5.97 Å². The molecule has 2 aliphatic heterocycles. The highest BCUT2D eigenvalue weighted by Gasteiger charge is 2.42. The summed E-state index contributed by atoms with van der Waals surface area (Å²) < 4.78 is 10.4. The second kappa shape index (κ2) is 6.68. The number of likely N-dealkylation sites (tertiary alicyclic amines) is 1. The van der Waals surface area contributed by atoms with Gasteiger partial charge in [0.05, 0.1) is 12.5 Å². The number of esters is 1. The first-order valence-electron chi connectivity index (χ1n) is 7.19. The Balaban J connectivity index is 1.95. The minimum atomic E-state index is -0.390. The highest BCUT2D eigenvalue weighted by atomic mass is 16.5. The van der Waals surface area contributed by atoms with E-state index in [1.54, 1.807) is 0 Å². The molecule has 0 aliphatic carbocycles. The van der Waals surface area contributed by atoms with Gasteiger partial charge in [-0.1, -0.05) is 0 Å². The van der Waals surface area contributed by atoms with E-state index in [1.807, 2.05) is 0 Å². The van der Waals surface area contributed by atoms with E-state index in [1.165, 1.54) is 7.11 Å². The van der Waals surface area contributed by atoms with Crippen molar-refractivity contribution in [3.05, 3.63) is 0 Å². The number of hydrogen-bond donors (Lipinski definition) is 1. The Labute approximate surface area is 114 Å². The SMILES string of the molecule is COC(=O)C1(CN2CCC(CO)CC2)CCOCC1. The first-order chi connectivity index (χ1) is 9.20. The van der Waals surface area contributed by atoms with E-state index in [0.29, 0.717) is 19.1 Å². The summed E-state index contributed by atoms with van der Waals surface area (Å²) in [7, 11) is 1.47. The third-order valence-corrected chi connectivity index (χ3v) is 4.56. The molecule has 0 aromatic carbocycles. The summed E-state index contributed by atoms with van der Waals surface area (Å²) in [6, 6.07) is 0. The molecule has 110 valence electrons.